The van der Waals surface area contributed by atoms with E-state index in [1.807, 2.05) is 17.5 Å². The Morgan fingerprint density at radius 2 is 2.19 bits per heavy atom. The van der Waals surface area contributed by atoms with Gasteiger partial charge in [-0.25, -0.2) is 4.98 Å². The lowest BCUT2D eigenvalue weighted by atomic mass is 9.89. The molecular weight excluding hydrogens is 216 g/mol. The summed E-state index contributed by atoms with van der Waals surface area (Å²) in [6, 6.07) is 0. The maximum absolute atomic E-state index is 4.43. The average molecular weight is 238 g/mol. The number of hydrogen-bond donors (Lipinski definition) is 1. The average Bonchev–Trinajstić information content (AvgIpc) is 2.78. The van der Waals surface area contributed by atoms with Gasteiger partial charge < -0.3 is 5.32 Å². The summed E-state index contributed by atoms with van der Waals surface area (Å²) in [4.78, 5) is 5.82. The van der Waals surface area contributed by atoms with Crippen molar-refractivity contribution in [3.63, 3.8) is 0 Å². The third-order valence-electron chi connectivity index (χ3n) is 3.38. The monoisotopic (exact) mass is 238 g/mol. The number of nitrogens with zero attached hydrogens (tertiary/aromatic N) is 1. The molecule has 0 amide bonds. The lowest BCUT2D eigenvalue weighted by molar-refractivity contribution is 0.342. The lowest BCUT2D eigenvalue weighted by Gasteiger charge is -2.21. The first kappa shape index (κ1) is 12.1. The van der Waals surface area contributed by atoms with Crippen molar-refractivity contribution in [1.29, 1.82) is 0 Å². The van der Waals surface area contributed by atoms with E-state index in [-0.39, 0.29) is 0 Å². The molecule has 1 fully saturated rings. The number of nitrogens with one attached hydrogen (secondary N) is 1. The second kappa shape index (κ2) is 6.36. The Balaban J connectivity index is 1.66. The van der Waals surface area contributed by atoms with Crippen LogP contribution in [0.25, 0.3) is 0 Å². The normalized spacial score (nSPS) is 17.8. The predicted molar refractivity (Wildman–Crippen MR) is 69.8 cm³/mol. The van der Waals surface area contributed by atoms with E-state index in [1.54, 1.807) is 0 Å². The zero-order valence-electron chi connectivity index (χ0n) is 10.2. The molecule has 2 rings (SSSR count). The zero-order valence-corrected chi connectivity index (χ0v) is 11.0. The smallest absolute Gasteiger partial charge is 0.107 e. The van der Waals surface area contributed by atoms with Crippen LogP contribution in [0.15, 0.2) is 6.20 Å². The van der Waals surface area contributed by atoms with E-state index in [2.05, 4.69) is 17.2 Å². The topological polar surface area (TPSA) is 24.9 Å². The fourth-order valence-electron chi connectivity index (χ4n) is 2.37. The standard InChI is InChI=1S/C13H22N2S/c1-2-12-9-15-13(16-12)10-14-8-11-6-4-3-5-7-11/h9,11,14H,2-8,10H2,1H3. The number of thiazole rings is 1. The Labute approximate surface area is 102 Å². The third kappa shape index (κ3) is 3.56. The summed E-state index contributed by atoms with van der Waals surface area (Å²) in [5.74, 6) is 0.916. The van der Waals surface area contributed by atoms with E-state index in [1.165, 1.54) is 48.5 Å². The first-order valence-corrected chi connectivity index (χ1v) is 7.34. The van der Waals surface area contributed by atoms with Crippen LogP contribution < -0.4 is 5.32 Å². The molecular formula is C13H22N2S. The van der Waals surface area contributed by atoms with E-state index in [4.69, 9.17) is 0 Å². The quantitative estimate of drug-likeness (QED) is 0.850. The molecule has 1 aromatic rings. The van der Waals surface area contributed by atoms with Gasteiger partial charge in [-0.2, -0.15) is 0 Å². The van der Waals surface area contributed by atoms with Crippen molar-refractivity contribution < 1.29 is 0 Å². The van der Waals surface area contributed by atoms with Gasteiger partial charge in [0.05, 0.1) is 0 Å². The molecule has 0 spiro atoms. The van der Waals surface area contributed by atoms with E-state index in [9.17, 15) is 0 Å². The van der Waals surface area contributed by atoms with Gasteiger partial charge in [0.2, 0.25) is 0 Å². The van der Waals surface area contributed by atoms with Crippen molar-refractivity contribution >= 4 is 11.3 Å². The molecule has 90 valence electrons. The van der Waals surface area contributed by atoms with Crippen LogP contribution in [0.5, 0.6) is 0 Å². The molecule has 0 aliphatic heterocycles. The van der Waals surface area contributed by atoms with Gasteiger partial charge in [0.1, 0.15) is 5.01 Å². The molecule has 2 nitrogen and oxygen atoms in total. The van der Waals surface area contributed by atoms with Crippen LogP contribution >= 0.6 is 11.3 Å². The highest BCUT2D eigenvalue weighted by atomic mass is 32.1. The summed E-state index contributed by atoms with van der Waals surface area (Å²) in [6.45, 7) is 4.33. The van der Waals surface area contributed by atoms with Gasteiger partial charge in [-0.15, -0.1) is 11.3 Å². The molecule has 0 unspecified atom stereocenters. The van der Waals surface area contributed by atoms with Gasteiger partial charge in [-0.05, 0) is 31.7 Å². The van der Waals surface area contributed by atoms with Crippen molar-refractivity contribution in [3.8, 4) is 0 Å². The van der Waals surface area contributed by atoms with Crippen LogP contribution in [-0.2, 0) is 13.0 Å². The summed E-state index contributed by atoms with van der Waals surface area (Å²) >= 11 is 1.85. The van der Waals surface area contributed by atoms with Crippen LogP contribution in [-0.4, -0.2) is 11.5 Å². The Hall–Kier alpha value is -0.410. The number of rotatable bonds is 5. The van der Waals surface area contributed by atoms with Gasteiger partial charge in [0, 0.05) is 17.6 Å². The summed E-state index contributed by atoms with van der Waals surface area (Å²) in [5, 5.41) is 4.80. The molecule has 0 bridgehead atoms. The third-order valence-corrected chi connectivity index (χ3v) is 4.53. The Morgan fingerprint density at radius 3 is 2.88 bits per heavy atom. The van der Waals surface area contributed by atoms with Crippen LogP contribution in [0, 0.1) is 5.92 Å². The maximum Gasteiger partial charge on any atom is 0.107 e. The SMILES string of the molecule is CCc1cnc(CNCC2CCCCC2)s1. The van der Waals surface area contributed by atoms with Crippen molar-refractivity contribution in [1.82, 2.24) is 10.3 Å². The Morgan fingerprint density at radius 1 is 1.38 bits per heavy atom. The minimum atomic E-state index is 0.916. The molecule has 1 aliphatic rings. The molecule has 0 atom stereocenters. The molecule has 1 saturated carbocycles. The molecule has 0 saturated heterocycles. The summed E-state index contributed by atoms with van der Waals surface area (Å²) in [6.07, 6.45) is 10.3. The number of hydrogen-bond acceptors (Lipinski definition) is 3. The maximum atomic E-state index is 4.43. The molecule has 1 heterocycles. The van der Waals surface area contributed by atoms with E-state index in [0.717, 1.165) is 18.9 Å². The van der Waals surface area contributed by atoms with Crippen molar-refractivity contribution in [2.24, 2.45) is 5.92 Å². The zero-order chi connectivity index (χ0) is 11.2. The summed E-state index contributed by atoms with van der Waals surface area (Å²) < 4.78 is 0. The lowest BCUT2D eigenvalue weighted by Crippen LogP contribution is -2.24. The van der Waals surface area contributed by atoms with Crippen molar-refractivity contribution in [3.05, 3.63) is 16.1 Å². The van der Waals surface area contributed by atoms with Gasteiger partial charge in [-0.3, -0.25) is 0 Å². The first-order chi connectivity index (χ1) is 7.88. The molecule has 3 heteroatoms. The molecule has 0 radical (unpaired) electrons. The van der Waals surface area contributed by atoms with Crippen LogP contribution in [0.3, 0.4) is 0 Å². The molecule has 16 heavy (non-hydrogen) atoms. The van der Waals surface area contributed by atoms with Crippen molar-refractivity contribution in [2.75, 3.05) is 6.54 Å². The molecule has 0 aromatic carbocycles. The van der Waals surface area contributed by atoms with Crippen LogP contribution in [0.4, 0.5) is 0 Å². The Bertz CT molecular complexity index is 303. The van der Waals surface area contributed by atoms with E-state index in [0.29, 0.717) is 0 Å². The minimum absolute atomic E-state index is 0.916. The Kier molecular flexibility index (Phi) is 4.79. The van der Waals surface area contributed by atoms with Gasteiger partial charge >= 0.3 is 0 Å². The molecule has 1 aromatic heterocycles. The highest BCUT2D eigenvalue weighted by molar-refractivity contribution is 7.11. The first-order valence-electron chi connectivity index (χ1n) is 6.52. The van der Waals surface area contributed by atoms with Crippen LogP contribution in [0.2, 0.25) is 0 Å². The highest BCUT2D eigenvalue weighted by Crippen LogP contribution is 2.23. The van der Waals surface area contributed by atoms with Gasteiger partial charge in [0.25, 0.3) is 0 Å². The van der Waals surface area contributed by atoms with E-state index < -0.39 is 0 Å². The predicted octanol–water partition coefficient (Wildman–Crippen LogP) is 3.38. The van der Waals surface area contributed by atoms with Gasteiger partial charge in [-0.1, -0.05) is 26.2 Å². The minimum Gasteiger partial charge on any atom is -0.310 e. The summed E-state index contributed by atoms with van der Waals surface area (Å²) in [5.41, 5.74) is 0. The second-order valence-corrected chi connectivity index (χ2v) is 5.91. The highest BCUT2D eigenvalue weighted by Gasteiger charge is 2.12. The van der Waals surface area contributed by atoms with E-state index >= 15 is 0 Å². The van der Waals surface area contributed by atoms with Gasteiger partial charge in [0.15, 0.2) is 0 Å². The molecule has 1 N–H and O–H groups in total. The largest absolute Gasteiger partial charge is 0.310 e. The number of aryl methyl sites for hydroxylation is 1. The number of aromatic nitrogens is 1. The summed E-state index contributed by atoms with van der Waals surface area (Å²) in [7, 11) is 0. The molecule has 1 aliphatic carbocycles. The van der Waals surface area contributed by atoms with Crippen LogP contribution in [0.1, 0.15) is 48.9 Å². The fraction of sp³-hybridized carbons (Fsp3) is 0.769. The fourth-order valence-corrected chi connectivity index (χ4v) is 3.20. The van der Waals surface area contributed by atoms with Crippen molar-refractivity contribution in [2.45, 2.75) is 52.0 Å². The second-order valence-electron chi connectivity index (χ2n) is 4.71.